The van der Waals surface area contributed by atoms with Gasteiger partial charge in [-0.3, -0.25) is 18.9 Å². The second kappa shape index (κ2) is 12.0. The Morgan fingerprint density at radius 3 is 2.16 bits per heavy atom. The van der Waals surface area contributed by atoms with Crippen molar-refractivity contribution in [3.05, 3.63) is 124 Å². The maximum Gasteiger partial charge on any atom is 0.460 e. The molecular weight excluding hydrogens is 510 g/mol. The Labute approximate surface area is 219 Å². The smallest absolute Gasteiger partial charge is 0.378 e. The van der Waals surface area contributed by atoms with E-state index in [1.54, 1.807) is 12.1 Å². The fraction of sp³-hybridized carbons (Fsp3) is 0.259. The lowest BCUT2D eigenvalue weighted by molar-refractivity contribution is -0.0138. The molecule has 9 nitrogen and oxygen atoms in total. The van der Waals surface area contributed by atoms with Crippen LogP contribution in [0.1, 0.15) is 28.6 Å². The van der Waals surface area contributed by atoms with Gasteiger partial charge >= 0.3 is 13.4 Å². The molecule has 1 N–H and O–H groups in total. The van der Waals surface area contributed by atoms with Crippen molar-refractivity contribution in [1.82, 2.24) is 19.4 Å². The Kier molecular flexibility index (Phi) is 8.26. The first-order valence-corrected chi connectivity index (χ1v) is 13.7. The van der Waals surface area contributed by atoms with E-state index in [1.807, 2.05) is 60.7 Å². The SMILES string of the molecule is O=c1[nH]c(CN2CCOCC2c2ccc(F)cc2)nn1P(=O)(OCc1ccccc1)OCc1ccccc1. The average Bonchev–Trinajstić information content (AvgIpc) is 3.33. The molecule has 1 atom stereocenters. The van der Waals surface area contributed by atoms with Crippen LogP contribution in [0, 0.1) is 5.82 Å². The maximum atomic E-state index is 14.0. The van der Waals surface area contributed by atoms with Gasteiger partial charge in [-0.1, -0.05) is 72.8 Å². The van der Waals surface area contributed by atoms with Crippen molar-refractivity contribution < 1.29 is 22.7 Å². The Hall–Kier alpha value is -3.40. The summed E-state index contributed by atoms with van der Waals surface area (Å²) in [5.41, 5.74) is 1.73. The molecule has 0 amide bonds. The van der Waals surface area contributed by atoms with Gasteiger partial charge in [-0.15, -0.1) is 9.55 Å². The van der Waals surface area contributed by atoms with Crippen LogP contribution in [0.25, 0.3) is 0 Å². The quantitative estimate of drug-likeness (QED) is 0.293. The van der Waals surface area contributed by atoms with Crippen LogP contribution in [0.15, 0.2) is 89.7 Å². The molecule has 5 rings (SSSR count). The van der Waals surface area contributed by atoms with E-state index in [4.69, 9.17) is 13.8 Å². The number of nitrogens with zero attached hydrogens (tertiary/aromatic N) is 3. The van der Waals surface area contributed by atoms with E-state index in [1.165, 1.54) is 12.1 Å². The van der Waals surface area contributed by atoms with E-state index in [2.05, 4.69) is 15.0 Å². The molecule has 1 aliphatic rings. The summed E-state index contributed by atoms with van der Waals surface area (Å²) in [5, 5.41) is 4.34. The van der Waals surface area contributed by atoms with E-state index in [0.717, 1.165) is 21.1 Å². The number of morpholine rings is 1. The van der Waals surface area contributed by atoms with Gasteiger partial charge in [0.05, 0.1) is 39.0 Å². The predicted molar refractivity (Wildman–Crippen MR) is 139 cm³/mol. The highest BCUT2D eigenvalue weighted by Gasteiger charge is 2.33. The molecule has 1 fully saturated rings. The number of ether oxygens (including phenoxy) is 1. The van der Waals surface area contributed by atoms with Crippen LogP contribution in [0.2, 0.25) is 0 Å². The number of nitrogens with one attached hydrogen (secondary N) is 1. The molecule has 3 aromatic carbocycles. The van der Waals surface area contributed by atoms with Crippen molar-refractivity contribution in [2.75, 3.05) is 19.8 Å². The van der Waals surface area contributed by atoms with E-state index < -0.39 is 13.4 Å². The van der Waals surface area contributed by atoms with E-state index >= 15 is 0 Å². The third-order valence-corrected chi connectivity index (χ3v) is 7.85. The van der Waals surface area contributed by atoms with Gasteiger partial charge in [0.15, 0.2) is 0 Å². The molecule has 198 valence electrons. The Morgan fingerprint density at radius 2 is 1.55 bits per heavy atom. The molecule has 0 saturated carbocycles. The van der Waals surface area contributed by atoms with Crippen molar-refractivity contribution in [2.24, 2.45) is 0 Å². The number of benzene rings is 3. The van der Waals surface area contributed by atoms with Gasteiger partial charge in [0, 0.05) is 6.54 Å². The fourth-order valence-corrected chi connectivity index (χ4v) is 5.62. The van der Waals surface area contributed by atoms with Gasteiger partial charge in [-0.25, -0.2) is 13.8 Å². The Morgan fingerprint density at radius 1 is 0.947 bits per heavy atom. The molecule has 2 heterocycles. The van der Waals surface area contributed by atoms with Crippen molar-refractivity contribution >= 4 is 7.75 Å². The standard InChI is InChI=1S/C27H28FN4O5P/c28-24-13-11-23(12-14-24)25-20-35-16-15-31(25)17-26-29-27(33)32(30-26)38(34,36-18-21-7-3-1-4-8-21)37-19-22-9-5-2-6-10-22/h1-14,25H,15-20H2,(H,29,30,33). The van der Waals surface area contributed by atoms with Gasteiger partial charge in [-0.2, -0.15) is 0 Å². The van der Waals surface area contributed by atoms with E-state index in [9.17, 15) is 13.8 Å². The monoisotopic (exact) mass is 538 g/mol. The molecule has 0 aliphatic carbocycles. The zero-order valence-electron chi connectivity index (χ0n) is 20.6. The Bertz CT molecular complexity index is 1380. The molecule has 1 aliphatic heterocycles. The summed E-state index contributed by atoms with van der Waals surface area (Å²) in [4.78, 5) is 17.7. The van der Waals surface area contributed by atoms with Crippen LogP contribution in [0.3, 0.4) is 0 Å². The van der Waals surface area contributed by atoms with Gasteiger partial charge in [0.2, 0.25) is 0 Å². The highest BCUT2D eigenvalue weighted by atomic mass is 31.2. The molecule has 1 aromatic heterocycles. The number of rotatable bonds is 10. The number of H-pyrrole nitrogens is 1. The molecule has 11 heteroatoms. The zero-order chi connectivity index (χ0) is 26.4. The normalized spacial score (nSPS) is 16.5. The molecule has 0 radical (unpaired) electrons. The lowest BCUT2D eigenvalue weighted by Gasteiger charge is -2.35. The summed E-state index contributed by atoms with van der Waals surface area (Å²) in [6.45, 7) is 1.68. The summed E-state index contributed by atoms with van der Waals surface area (Å²) >= 11 is 0. The summed E-state index contributed by atoms with van der Waals surface area (Å²) in [6, 6.07) is 24.5. The first kappa shape index (κ1) is 26.2. The second-order valence-corrected chi connectivity index (χ2v) is 10.7. The largest absolute Gasteiger partial charge is 0.460 e. The summed E-state index contributed by atoms with van der Waals surface area (Å²) in [7, 11) is -4.17. The van der Waals surface area contributed by atoms with Crippen LogP contribution >= 0.6 is 7.75 Å². The highest BCUT2D eigenvalue weighted by Crippen LogP contribution is 2.49. The number of hydrogen-bond donors (Lipinski definition) is 1. The molecule has 1 unspecified atom stereocenters. The van der Waals surface area contributed by atoms with E-state index in [-0.39, 0.29) is 31.6 Å². The molecule has 0 spiro atoms. The van der Waals surface area contributed by atoms with Crippen LogP contribution in [-0.2, 0) is 38.1 Å². The first-order chi connectivity index (χ1) is 18.5. The predicted octanol–water partition coefficient (Wildman–Crippen LogP) is 4.67. The average molecular weight is 539 g/mol. The molecule has 0 bridgehead atoms. The Balaban J connectivity index is 1.38. The van der Waals surface area contributed by atoms with Crippen molar-refractivity contribution in [3.63, 3.8) is 0 Å². The number of halogens is 1. The van der Waals surface area contributed by atoms with Crippen molar-refractivity contribution in [1.29, 1.82) is 0 Å². The summed E-state index contributed by atoms with van der Waals surface area (Å²) in [5.74, 6) is -0.0160. The van der Waals surface area contributed by atoms with Gasteiger partial charge in [0.1, 0.15) is 11.6 Å². The fourth-order valence-electron chi connectivity index (χ4n) is 4.21. The number of aromatic nitrogens is 3. The maximum absolute atomic E-state index is 14.0. The number of hydrogen-bond acceptors (Lipinski definition) is 7. The van der Waals surface area contributed by atoms with Crippen molar-refractivity contribution in [3.8, 4) is 0 Å². The van der Waals surface area contributed by atoms with Gasteiger partial charge in [-0.05, 0) is 28.8 Å². The first-order valence-electron chi connectivity index (χ1n) is 12.2. The summed E-state index contributed by atoms with van der Waals surface area (Å²) < 4.78 is 45.4. The minimum absolute atomic E-state index is 0.0301. The minimum atomic E-state index is -4.17. The van der Waals surface area contributed by atoms with E-state index in [0.29, 0.717) is 25.6 Å². The molecule has 38 heavy (non-hydrogen) atoms. The van der Waals surface area contributed by atoms with Crippen LogP contribution < -0.4 is 5.69 Å². The third kappa shape index (κ3) is 6.35. The topological polar surface area (TPSA) is 98.7 Å². The van der Waals surface area contributed by atoms with Crippen LogP contribution in [0.5, 0.6) is 0 Å². The molecular formula is C27H28FN4O5P. The van der Waals surface area contributed by atoms with Gasteiger partial charge < -0.3 is 4.74 Å². The van der Waals surface area contributed by atoms with Crippen LogP contribution in [-0.4, -0.2) is 39.2 Å². The van der Waals surface area contributed by atoms with Crippen LogP contribution in [0.4, 0.5) is 4.39 Å². The lowest BCUT2D eigenvalue weighted by atomic mass is 10.0. The van der Waals surface area contributed by atoms with Gasteiger partial charge in [0.25, 0.3) is 0 Å². The zero-order valence-corrected chi connectivity index (χ0v) is 21.5. The lowest BCUT2D eigenvalue weighted by Crippen LogP contribution is -2.39. The molecule has 1 saturated heterocycles. The molecule has 4 aromatic rings. The highest BCUT2D eigenvalue weighted by molar-refractivity contribution is 7.51. The summed E-state index contributed by atoms with van der Waals surface area (Å²) in [6.07, 6.45) is 0. The van der Waals surface area contributed by atoms with Crippen molar-refractivity contribution in [2.45, 2.75) is 25.8 Å². The third-order valence-electron chi connectivity index (χ3n) is 6.20. The second-order valence-electron chi connectivity index (χ2n) is 8.87. The minimum Gasteiger partial charge on any atom is -0.378 e. The number of aromatic amines is 1.